The molecule has 1 aliphatic rings. The maximum absolute atomic E-state index is 13.3. The predicted molar refractivity (Wildman–Crippen MR) is 111 cm³/mol. The van der Waals surface area contributed by atoms with Gasteiger partial charge in [-0.05, 0) is 36.4 Å². The number of benzene rings is 2. The Morgan fingerprint density at radius 3 is 2.65 bits per heavy atom. The number of nitrogens with zero attached hydrogens (tertiary/aromatic N) is 2. The zero-order chi connectivity index (χ0) is 21.8. The van der Waals surface area contributed by atoms with Crippen molar-refractivity contribution in [3.63, 3.8) is 0 Å². The molecule has 1 fully saturated rings. The molecule has 2 aromatic carbocycles. The lowest BCUT2D eigenvalue weighted by Crippen LogP contribution is -2.42. The number of amides is 1. The van der Waals surface area contributed by atoms with E-state index in [0.29, 0.717) is 48.9 Å². The molecule has 0 bridgehead atoms. The number of ether oxygens (including phenoxy) is 2. The number of rotatable bonds is 6. The molecule has 160 valence electrons. The molecule has 0 aliphatic carbocycles. The van der Waals surface area contributed by atoms with Gasteiger partial charge in [-0.25, -0.2) is 4.39 Å². The highest BCUT2D eigenvalue weighted by molar-refractivity contribution is 6.15. The van der Waals surface area contributed by atoms with Crippen molar-refractivity contribution in [2.24, 2.45) is 0 Å². The first kappa shape index (κ1) is 20.5. The maximum atomic E-state index is 13.3. The Kier molecular flexibility index (Phi) is 5.94. The topological polar surface area (TPSA) is 111 Å². The third kappa shape index (κ3) is 4.56. The number of aromatic nitrogens is 2. The number of halogens is 1. The first-order valence-electron chi connectivity index (χ1n) is 9.76. The minimum absolute atomic E-state index is 0.0399. The number of hydrogen-bond acceptors (Lipinski definition) is 6. The summed E-state index contributed by atoms with van der Waals surface area (Å²) in [7, 11) is 0. The Morgan fingerprint density at radius 2 is 1.90 bits per heavy atom. The van der Waals surface area contributed by atoms with Gasteiger partial charge in [0.15, 0.2) is 18.2 Å². The van der Waals surface area contributed by atoms with Crippen molar-refractivity contribution in [2.45, 2.75) is 0 Å². The molecule has 1 amide bonds. The highest BCUT2D eigenvalue weighted by atomic mass is 19.1. The van der Waals surface area contributed by atoms with Crippen molar-refractivity contribution in [2.75, 3.05) is 38.6 Å². The summed E-state index contributed by atoms with van der Waals surface area (Å²) >= 11 is 0. The first-order valence-corrected chi connectivity index (χ1v) is 9.76. The zero-order valence-corrected chi connectivity index (χ0v) is 16.6. The van der Waals surface area contributed by atoms with Gasteiger partial charge in [-0.1, -0.05) is 12.1 Å². The number of carbonyl (C=O) groups excluding carboxylic acids is 2. The standard InChI is InChI=1S/C22H21FN4O4/c23-16-6-4-14(5-7-16)20-19(22(24)26-25-20)21(29)15-2-1-3-17(12-15)31-13-18(28)27-8-10-30-11-9-27/h1-7,12H,8-11,13H2,(H3,24,25,26). The second-order valence-corrected chi connectivity index (χ2v) is 7.00. The predicted octanol–water partition coefficient (Wildman–Crippen LogP) is 2.27. The number of H-pyrrole nitrogens is 1. The summed E-state index contributed by atoms with van der Waals surface area (Å²) in [5, 5.41) is 6.68. The van der Waals surface area contributed by atoms with Crippen molar-refractivity contribution in [3.8, 4) is 17.0 Å². The van der Waals surface area contributed by atoms with Gasteiger partial charge in [0.25, 0.3) is 5.91 Å². The zero-order valence-electron chi connectivity index (χ0n) is 16.6. The number of carbonyl (C=O) groups is 2. The lowest BCUT2D eigenvalue weighted by Gasteiger charge is -2.26. The van der Waals surface area contributed by atoms with Crippen LogP contribution in [0.1, 0.15) is 15.9 Å². The molecule has 0 spiro atoms. The van der Waals surface area contributed by atoms with Crippen molar-refractivity contribution >= 4 is 17.5 Å². The smallest absolute Gasteiger partial charge is 0.260 e. The molecule has 1 aliphatic heterocycles. The number of aromatic amines is 1. The van der Waals surface area contributed by atoms with Gasteiger partial charge in [-0.2, -0.15) is 5.10 Å². The van der Waals surface area contributed by atoms with Gasteiger partial charge in [0, 0.05) is 24.2 Å². The van der Waals surface area contributed by atoms with Crippen molar-refractivity contribution in [1.82, 2.24) is 15.1 Å². The van der Waals surface area contributed by atoms with Gasteiger partial charge >= 0.3 is 0 Å². The molecule has 4 rings (SSSR count). The molecule has 3 aromatic rings. The van der Waals surface area contributed by atoms with Gasteiger partial charge < -0.3 is 20.1 Å². The number of morpholine rings is 1. The van der Waals surface area contributed by atoms with Gasteiger partial charge in [0.05, 0.1) is 24.5 Å². The average molecular weight is 424 g/mol. The lowest BCUT2D eigenvalue weighted by molar-refractivity contribution is -0.137. The third-order valence-electron chi connectivity index (χ3n) is 4.98. The van der Waals surface area contributed by atoms with Crippen LogP contribution >= 0.6 is 0 Å². The largest absolute Gasteiger partial charge is 0.484 e. The third-order valence-corrected chi connectivity index (χ3v) is 4.98. The molecule has 8 nitrogen and oxygen atoms in total. The summed E-state index contributed by atoms with van der Waals surface area (Å²) in [6.07, 6.45) is 0. The fourth-order valence-corrected chi connectivity index (χ4v) is 3.33. The average Bonchev–Trinajstić information content (AvgIpc) is 3.19. The second-order valence-electron chi connectivity index (χ2n) is 7.00. The molecule has 0 atom stereocenters. The SMILES string of the molecule is Nc1n[nH]c(-c2ccc(F)cc2)c1C(=O)c1cccc(OCC(=O)N2CCOCC2)c1. The Balaban J connectivity index is 1.52. The van der Waals surface area contributed by atoms with Crippen molar-refractivity contribution < 1.29 is 23.5 Å². The molecule has 0 saturated carbocycles. The Hall–Kier alpha value is -3.72. The number of hydrogen-bond donors (Lipinski definition) is 2. The van der Waals surface area contributed by atoms with E-state index in [1.807, 2.05) is 0 Å². The summed E-state index contributed by atoms with van der Waals surface area (Å²) in [5.41, 5.74) is 7.43. The molecule has 1 saturated heterocycles. The molecular formula is C22H21FN4O4. The number of anilines is 1. The number of nitrogens with one attached hydrogen (secondary N) is 1. The first-order chi connectivity index (χ1) is 15.0. The summed E-state index contributed by atoms with van der Waals surface area (Å²) < 4.78 is 24.1. The lowest BCUT2D eigenvalue weighted by atomic mass is 9.99. The number of nitrogen functional groups attached to an aromatic ring is 1. The van der Waals surface area contributed by atoms with Crippen LogP contribution in [0.2, 0.25) is 0 Å². The fourth-order valence-electron chi connectivity index (χ4n) is 3.33. The van der Waals surface area contributed by atoms with Crippen molar-refractivity contribution in [1.29, 1.82) is 0 Å². The number of nitrogens with two attached hydrogens (primary N) is 1. The van der Waals surface area contributed by atoms with E-state index in [4.69, 9.17) is 15.2 Å². The van der Waals surface area contributed by atoms with E-state index in [2.05, 4.69) is 10.2 Å². The van der Waals surface area contributed by atoms with E-state index in [0.717, 1.165) is 0 Å². The minimum Gasteiger partial charge on any atom is -0.484 e. The molecule has 9 heteroatoms. The fraction of sp³-hybridized carbons (Fsp3) is 0.227. The summed E-state index contributed by atoms with van der Waals surface area (Å²) in [5.74, 6) is -0.468. The molecule has 3 N–H and O–H groups in total. The Labute approximate surface area is 177 Å². The van der Waals surface area contributed by atoms with E-state index in [-0.39, 0.29) is 35.5 Å². The summed E-state index contributed by atoms with van der Waals surface area (Å²) in [4.78, 5) is 27.1. The quantitative estimate of drug-likeness (QED) is 0.588. The Morgan fingerprint density at radius 1 is 1.16 bits per heavy atom. The van der Waals surface area contributed by atoms with E-state index in [1.54, 1.807) is 29.2 Å². The van der Waals surface area contributed by atoms with Crippen LogP contribution in [0, 0.1) is 5.82 Å². The monoisotopic (exact) mass is 424 g/mol. The molecular weight excluding hydrogens is 403 g/mol. The summed E-state index contributed by atoms with van der Waals surface area (Å²) in [6.45, 7) is 1.96. The van der Waals surface area contributed by atoms with Gasteiger partial charge in [-0.3, -0.25) is 14.7 Å². The van der Waals surface area contributed by atoms with Crippen LogP contribution in [-0.2, 0) is 9.53 Å². The Bertz CT molecular complexity index is 1090. The molecule has 1 aromatic heterocycles. The van der Waals surface area contributed by atoms with Gasteiger partial charge in [-0.15, -0.1) is 0 Å². The van der Waals surface area contributed by atoms with Crippen LogP contribution in [0.25, 0.3) is 11.3 Å². The van der Waals surface area contributed by atoms with Crippen LogP contribution in [-0.4, -0.2) is 59.7 Å². The van der Waals surface area contributed by atoms with E-state index < -0.39 is 0 Å². The van der Waals surface area contributed by atoms with E-state index in [9.17, 15) is 14.0 Å². The molecule has 31 heavy (non-hydrogen) atoms. The normalized spacial score (nSPS) is 13.8. The summed E-state index contributed by atoms with van der Waals surface area (Å²) in [6, 6.07) is 12.2. The van der Waals surface area contributed by atoms with E-state index >= 15 is 0 Å². The molecule has 2 heterocycles. The van der Waals surface area contributed by atoms with Crippen molar-refractivity contribution in [3.05, 3.63) is 65.5 Å². The van der Waals surface area contributed by atoms with Gasteiger partial charge in [0.2, 0.25) is 0 Å². The number of ketones is 1. The van der Waals surface area contributed by atoms with Crippen LogP contribution in [0.5, 0.6) is 5.75 Å². The van der Waals surface area contributed by atoms with Crippen LogP contribution in [0.4, 0.5) is 10.2 Å². The molecule has 0 unspecified atom stereocenters. The van der Waals surface area contributed by atoms with Gasteiger partial charge in [0.1, 0.15) is 11.6 Å². The second kappa shape index (κ2) is 8.97. The maximum Gasteiger partial charge on any atom is 0.260 e. The van der Waals surface area contributed by atoms with Crippen LogP contribution in [0.3, 0.4) is 0 Å². The minimum atomic E-state index is -0.388. The molecule has 0 radical (unpaired) electrons. The highest BCUT2D eigenvalue weighted by Crippen LogP contribution is 2.28. The highest BCUT2D eigenvalue weighted by Gasteiger charge is 2.22. The van der Waals surface area contributed by atoms with E-state index in [1.165, 1.54) is 24.3 Å². The van der Waals surface area contributed by atoms with Crippen LogP contribution in [0.15, 0.2) is 48.5 Å². The van der Waals surface area contributed by atoms with Crippen LogP contribution < -0.4 is 10.5 Å².